The number of hydrogen-bond acceptors (Lipinski definition) is 2. The van der Waals surface area contributed by atoms with Crippen LogP contribution in [0.4, 0.5) is 0 Å². The van der Waals surface area contributed by atoms with Gasteiger partial charge in [0.05, 0.1) is 11.6 Å². The zero-order valence-corrected chi connectivity index (χ0v) is 11.6. The summed E-state index contributed by atoms with van der Waals surface area (Å²) < 4.78 is 5.97. The molecule has 0 heterocycles. The largest absolute Gasteiger partial charge is 0.457 e. The molecule has 20 heavy (non-hydrogen) atoms. The third-order valence-corrected chi connectivity index (χ3v) is 3.85. The van der Waals surface area contributed by atoms with Gasteiger partial charge in [-0.15, -0.1) is 0 Å². The van der Waals surface area contributed by atoms with Crippen LogP contribution in [-0.2, 0) is 12.8 Å². The summed E-state index contributed by atoms with van der Waals surface area (Å²) in [5.41, 5.74) is 4.53. The van der Waals surface area contributed by atoms with Crippen molar-refractivity contribution in [2.45, 2.75) is 32.6 Å². The lowest BCUT2D eigenvalue weighted by molar-refractivity contribution is 0.477. The highest BCUT2D eigenvalue weighted by Gasteiger charge is 2.10. The maximum absolute atomic E-state index is 8.88. The van der Waals surface area contributed by atoms with E-state index in [0.29, 0.717) is 5.56 Å². The molecule has 0 N–H and O–H groups in total. The van der Waals surface area contributed by atoms with Gasteiger partial charge in [0.1, 0.15) is 11.5 Å². The second-order valence-corrected chi connectivity index (χ2v) is 5.33. The van der Waals surface area contributed by atoms with E-state index in [2.05, 4.69) is 18.2 Å². The van der Waals surface area contributed by atoms with Gasteiger partial charge in [-0.1, -0.05) is 6.07 Å². The second-order valence-electron chi connectivity index (χ2n) is 5.33. The average Bonchev–Trinajstić information content (AvgIpc) is 2.49. The van der Waals surface area contributed by atoms with Crippen LogP contribution >= 0.6 is 0 Å². The first-order valence-corrected chi connectivity index (χ1v) is 7.07. The highest BCUT2D eigenvalue weighted by molar-refractivity contribution is 5.45. The van der Waals surface area contributed by atoms with Crippen molar-refractivity contribution in [3.63, 3.8) is 0 Å². The molecule has 0 atom stereocenters. The molecule has 3 rings (SSSR count). The monoisotopic (exact) mass is 263 g/mol. The first kappa shape index (κ1) is 12.7. The molecule has 2 nitrogen and oxygen atoms in total. The van der Waals surface area contributed by atoms with Gasteiger partial charge in [0.2, 0.25) is 0 Å². The van der Waals surface area contributed by atoms with Crippen LogP contribution in [0.3, 0.4) is 0 Å². The summed E-state index contributed by atoms with van der Waals surface area (Å²) in [6.07, 6.45) is 4.90. The smallest absolute Gasteiger partial charge is 0.130 e. The Kier molecular flexibility index (Phi) is 3.43. The SMILES string of the molecule is Cc1cc(C#N)ccc1Oc1ccc2c(c1)CCCC2. The Morgan fingerprint density at radius 3 is 2.55 bits per heavy atom. The van der Waals surface area contributed by atoms with Crippen molar-refractivity contribution in [2.24, 2.45) is 0 Å². The molecule has 0 aromatic heterocycles. The van der Waals surface area contributed by atoms with Gasteiger partial charge in [0.25, 0.3) is 0 Å². The number of nitriles is 1. The molecule has 2 aromatic carbocycles. The van der Waals surface area contributed by atoms with Crippen molar-refractivity contribution in [1.82, 2.24) is 0 Å². The molecular weight excluding hydrogens is 246 g/mol. The van der Waals surface area contributed by atoms with Gasteiger partial charge in [0.15, 0.2) is 0 Å². The third-order valence-electron chi connectivity index (χ3n) is 3.85. The van der Waals surface area contributed by atoms with Crippen LogP contribution < -0.4 is 4.74 Å². The molecule has 0 bridgehead atoms. The summed E-state index contributed by atoms with van der Waals surface area (Å²) in [6, 6.07) is 14.0. The van der Waals surface area contributed by atoms with Crippen molar-refractivity contribution in [3.8, 4) is 17.6 Å². The molecular formula is C18H17NO. The average molecular weight is 263 g/mol. The van der Waals surface area contributed by atoms with Gasteiger partial charge >= 0.3 is 0 Å². The first-order valence-electron chi connectivity index (χ1n) is 7.07. The van der Waals surface area contributed by atoms with Crippen molar-refractivity contribution in [1.29, 1.82) is 5.26 Å². The van der Waals surface area contributed by atoms with Gasteiger partial charge < -0.3 is 4.74 Å². The van der Waals surface area contributed by atoms with E-state index in [1.807, 2.05) is 25.1 Å². The zero-order valence-electron chi connectivity index (χ0n) is 11.6. The standard InChI is InChI=1S/C18H17NO/c1-13-10-14(12-19)6-9-18(13)20-17-8-7-15-4-2-3-5-16(15)11-17/h6-11H,2-5H2,1H3. The van der Waals surface area contributed by atoms with Crippen LogP contribution in [-0.4, -0.2) is 0 Å². The molecule has 0 fully saturated rings. The maximum Gasteiger partial charge on any atom is 0.130 e. The number of aryl methyl sites for hydroxylation is 3. The van der Waals surface area contributed by atoms with E-state index in [1.54, 1.807) is 6.07 Å². The molecule has 2 heteroatoms. The Hall–Kier alpha value is -2.27. The second kappa shape index (κ2) is 5.38. The molecule has 2 aromatic rings. The fourth-order valence-corrected chi connectivity index (χ4v) is 2.73. The van der Waals surface area contributed by atoms with E-state index in [-0.39, 0.29) is 0 Å². The van der Waals surface area contributed by atoms with E-state index in [9.17, 15) is 0 Å². The predicted molar refractivity (Wildman–Crippen MR) is 79.1 cm³/mol. The van der Waals surface area contributed by atoms with Crippen LogP contribution in [0.1, 0.15) is 35.1 Å². The van der Waals surface area contributed by atoms with Crippen LogP contribution in [0.2, 0.25) is 0 Å². The Balaban J connectivity index is 1.86. The Bertz CT molecular complexity index is 682. The van der Waals surface area contributed by atoms with Crippen molar-refractivity contribution < 1.29 is 4.74 Å². The summed E-state index contributed by atoms with van der Waals surface area (Å²) in [6.45, 7) is 1.97. The quantitative estimate of drug-likeness (QED) is 0.797. The highest BCUT2D eigenvalue weighted by atomic mass is 16.5. The van der Waals surface area contributed by atoms with Gasteiger partial charge in [0, 0.05) is 0 Å². The van der Waals surface area contributed by atoms with Crippen LogP contribution in [0.25, 0.3) is 0 Å². The normalized spacial score (nSPS) is 13.4. The summed E-state index contributed by atoms with van der Waals surface area (Å²) in [4.78, 5) is 0. The zero-order chi connectivity index (χ0) is 13.9. The molecule has 1 aliphatic carbocycles. The Morgan fingerprint density at radius 1 is 1.00 bits per heavy atom. The molecule has 1 aliphatic rings. The minimum atomic E-state index is 0.667. The first-order chi connectivity index (χ1) is 9.76. The van der Waals surface area contributed by atoms with Gasteiger partial charge in [-0.25, -0.2) is 0 Å². The van der Waals surface area contributed by atoms with Crippen molar-refractivity contribution >= 4 is 0 Å². The van der Waals surface area contributed by atoms with Gasteiger partial charge in [-0.05, 0) is 79.6 Å². The number of fused-ring (bicyclic) bond motifs is 1. The van der Waals surface area contributed by atoms with Crippen LogP contribution in [0, 0.1) is 18.3 Å². The molecule has 0 radical (unpaired) electrons. The lowest BCUT2D eigenvalue weighted by atomic mass is 9.92. The number of hydrogen-bond donors (Lipinski definition) is 0. The molecule has 0 aliphatic heterocycles. The Morgan fingerprint density at radius 2 is 1.80 bits per heavy atom. The van der Waals surface area contributed by atoms with Crippen molar-refractivity contribution in [2.75, 3.05) is 0 Å². The lowest BCUT2D eigenvalue weighted by Crippen LogP contribution is -2.02. The Labute approximate surface area is 119 Å². The van der Waals surface area contributed by atoms with E-state index < -0.39 is 0 Å². The topological polar surface area (TPSA) is 33.0 Å². The number of rotatable bonds is 2. The molecule has 0 unspecified atom stereocenters. The predicted octanol–water partition coefficient (Wildman–Crippen LogP) is 4.54. The molecule has 0 saturated heterocycles. The number of benzene rings is 2. The summed E-state index contributed by atoms with van der Waals surface area (Å²) in [5.74, 6) is 1.71. The van der Waals surface area contributed by atoms with Crippen LogP contribution in [0.5, 0.6) is 11.5 Å². The van der Waals surface area contributed by atoms with Gasteiger partial charge in [-0.3, -0.25) is 0 Å². The van der Waals surface area contributed by atoms with Crippen LogP contribution in [0.15, 0.2) is 36.4 Å². The summed E-state index contributed by atoms with van der Waals surface area (Å²) >= 11 is 0. The maximum atomic E-state index is 8.88. The summed E-state index contributed by atoms with van der Waals surface area (Å²) in [5, 5.41) is 8.88. The fraction of sp³-hybridized carbons (Fsp3) is 0.278. The molecule has 0 saturated carbocycles. The van der Waals surface area contributed by atoms with E-state index in [4.69, 9.17) is 10.00 Å². The molecule has 100 valence electrons. The lowest BCUT2D eigenvalue weighted by Gasteiger charge is -2.17. The molecule has 0 spiro atoms. The minimum Gasteiger partial charge on any atom is -0.457 e. The number of nitrogens with zero attached hydrogens (tertiary/aromatic N) is 1. The third kappa shape index (κ3) is 2.53. The minimum absolute atomic E-state index is 0.667. The van der Waals surface area contributed by atoms with E-state index >= 15 is 0 Å². The molecule has 0 amide bonds. The number of ether oxygens (including phenoxy) is 1. The fourth-order valence-electron chi connectivity index (χ4n) is 2.73. The van der Waals surface area contributed by atoms with E-state index in [1.165, 1.54) is 30.4 Å². The summed E-state index contributed by atoms with van der Waals surface area (Å²) in [7, 11) is 0. The highest BCUT2D eigenvalue weighted by Crippen LogP contribution is 2.30. The van der Waals surface area contributed by atoms with Crippen molar-refractivity contribution in [3.05, 3.63) is 58.7 Å². The van der Waals surface area contributed by atoms with E-state index in [0.717, 1.165) is 23.5 Å². The van der Waals surface area contributed by atoms with Gasteiger partial charge in [-0.2, -0.15) is 5.26 Å².